The van der Waals surface area contributed by atoms with E-state index in [0.29, 0.717) is 23.9 Å². The molecule has 1 N–H and O–H groups in total. The van der Waals surface area contributed by atoms with Gasteiger partial charge in [-0.15, -0.1) is 11.6 Å². The van der Waals surface area contributed by atoms with Gasteiger partial charge in [-0.3, -0.25) is 4.79 Å². The molecule has 0 radical (unpaired) electrons. The molecule has 0 heterocycles. The number of carbonyl (C=O) groups excluding carboxylic acids is 1. The number of hydrogen-bond donors (Lipinski definition) is 1. The van der Waals surface area contributed by atoms with Crippen molar-refractivity contribution in [2.45, 2.75) is 13.0 Å². The van der Waals surface area contributed by atoms with Crippen LogP contribution < -0.4 is 5.32 Å². The summed E-state index contributed by atoms with van der Waals surface area (Å²) in [5, 5.41) is 3.45. The highest BCUT2D eigenvalue weighted by Crippen LogP contribution is 2.09. The van der Waals surface area contributed by atoms with Gasteiger partial charge in [0.05, 0.1) is 0 Å². The van der Waals surface area contributed by atoms with Crippen LogP contribution in [0.3, 0.4) is 0 Å². The Balaban J connectivity index is 2.38. The van der Waals surface area contributed by atoms with Gasteiger partial charge in [0.1, 0.15) is 0 Å². The van der Waals surface area contributed by atoms with Crippen molar-refractivity contribution in [2.75, 3.05) is 5.88 Å². The van der Waals surface area contributed by atoms with Crippen LogP contribution in [0.1, 0.15) is 12.0 Å². The van der Waals surface area contributed by atoms with E-state index < -0.39 is 0 Å². The summed E-state index contributed by atoms with van der Waals surface area (Å²) in [5.41, 5.74) is 1.03. The molecule has 0 fully saturated rings. The molecular formula is C10H11Cl2NO. The van der Waals surface area contributed by atoms with Crippen molar-refractivity contribution in [3.8, 4) is 0 Å². The molecule has 0 unspecified atom stereocenters. The van der Waals surface area contributed by atoms with Gasteiger partial charge in [0, 0.05) is 23.9 Å². The maximum absolute atomic E-state index is 11.1. The van der Waals surface area contributed by atoms with E-state index in [1.807, 2.05) is 12.1 Å². The molecule has 0 atom stereocenters. The van der Waals surface area contributed by atoms with E-state index in [2.05, 4.69) is 5.32 Å². The topological polar surface area (TPSA) is 29.1 Å². The number of alkyl halides is 1. The molecule has 0 spiro atoms. The van der Waals surface area contributed by atoms with Crippen LogP contribution in [0.15, 0.2) is 24.3 Å². The zero-order chi connectivity index (χ0) is 10.4. The Morgan fingerprint density at radius 2 is 1.93 bits per heavy atom. The molecule has 4 heteroatoms. The first-order valence-electron chi connectivity index (χ1n) is 4.29. The van der Waals surface area contributed by atoms with Gasteiger partial charge in [-0.25, -0.2) is 0 Å². The van der Waals surface area contributed by atoms with Crippen LogP contribution in [0.2, 0.25) is 5.02 Å². The van der Waals surface area contributed by atoms with Crippen LogP contribution in [-0.2, 0) is 11.3 Å². The molecule has 1 aromatic rings. The lowest BCUT2D eigenvalue weighted by Gasteiger charge is -2.03. The number of rotatable bonds is 4. The highest BCUT2D eigenvalue weighted by molar-refractivity contribution is 6.30. The van der Waals surface area contributed by atoms with Gasteiger partial charge in [-0.1, -0.05) is 23.7 Å². The van der Waals surface area contributed by atoms with Crippen LogP contribution >= 0.6 is 23.2 Å². The highest BCUT2D eigenvalue weighted by Gasteiger charge is 1.99. The minimum absolute atomic E-state index is 0.0325. The Morgan fingerprint density at radius 3 is 2.50 bits per heavy atom. The van der Waals surface area contributed by atoms with Gasteiger partial charge in [-0.2, -0.15) is 0 Å². The molecule has 1 rings (SSSR count). The second kappa shape index (κ2) is 5.89. The van der Waals surface area contributed by atoms with E-state index in [9.17, 15) is 4.79 Å². The minimum atomic E-state index is -0.0325. The van der Waals surface area contributed by atoms with Gasteiger partial charge in [0.25, 0.3) is 0 Å². The van der Waals surface area contributed by atoms with Crippen LogP contribution in [-0.4, -0.2) is 11.8 Å². The first-order valence-corrected chi connectivity index (χ1v) is 5.20. The fourth-order valence-corrected chi connectivity index (χ4v) is 1.27. The third-order valence-corrected chi connectivity index (χ3v) is 2.17. The second-order valence-corrected chi connectivity index (χ2v) is 3.66. The largest absolute Gasteiger partial charge is 0.352 e. The van der Waals surface area contributed by atoms with Crippen molar-refractivity contribution < 1.29 is 4.79 Å². The Morgan fingerprint density at radius 1 is 1.29 bits per heavy atom. The SMILES string of the molecule is O=C(CCCl)NCc1ccc(Cl)cc1. The summed E-state index contributed by atoms with van der Waals surface area (Å²) in [5.74, 6) is 0.321. The lowest BCUT2D eigenvalue weighted by molar-refractivity contribution is -0.120. The first-order chi connectivity index (χ1) is 6.72. The lowest BCUT2D eigenvalue weighted by atomic mass is 10.2. The molecular weight excluding hydrogens is 221 g/mol. The standard InChI is InChI=1S/C10H11Cl2NO/c11-6-5-10(14)13-7-8-1-3-9(12)4-2-8/h1-4H,5-7H2,(H,13,14). The molecule has 2 nitrogen and oxygen atoms in total. The Kier molecular flexibility index (Phi) is 4.77. The molecule has 1 amide bonds. The predicted octanol–water partition coefficient (Wildman–Crippen LogP) is 2.59. The van der Waals surface area contributed by atoms with Gasteiger partial charge in [0.15, 0.2) is 0 Å². The van der Waals surface area contributed by atoms with Crippen molar-refractivity contribution in [3.63, 3.8) is 0 Å². The summed E-state index contributed by atoms with van der Waals surface area (Å²) in [6, 6.07) is 7.35. The molecule has 1 aromatic carbocycles. The van der Waals surface area contributed by atoms with E-state index in [4.69, 9.17) is 23.2 Å². The Labute approximate surface area is 93.2 Å². The molecule has 0 aliphatic heterocycles. The lowest BCUT2D eigenvalue weighted by Crippen LogP contribution is -2.22. The van der Waals surface area contributed by atoms with E-state index in [1.54, 1.807) is 12.1 Å². The first kappa shape index (κ1) is 11.3. The number of nitrogens with one attached hydrogen (secondary N) is 1. The highest BCUT2D eigenvalue weighted by atomic mass is 35.5. The average molecular weight is 232 g/mol. The minimum Gasteiger partial charge on any atom is -0.352 e. The Bertz CT molecular complexity index is 297. The molecule has 0 saturated heterocycles. The number of carbonyl (C=O) groups is 1. The number of halogens is 2. The fourth-order valence-electron chi connectivity index (χ4n) is 0.977. The monoisotopic (exact) mass is 231 g/mol. The van der Waals surface area contributed by atoms with Crippen LogP contribution in [0.25, 0.3) is 0 Å². The smallest absolute Gasteiger partial charge is 0.221 e. The molecule has 14 heavy (non-hydrogen) atoms. The fraction of sp³-hybridized carbons (Fsp3) is 0.300. The van der Waals surface area contributed by atoms with E-state index in [0.717, 1.165) is 5.56 Å². The van der Waals surface area contributed by atoms with Crippen molar-refractivity contribution in [3.05, 3.63) is 34.9 Å². The normalized spacial score (nSPS) is 9.86. The van der Waals surface area contributed by atoms with E-state index >= 15 is 0 Å². The summed E-state index contributed by atoms with van der Waals surface area (Å²) in [4.78, 5) is 11.1. The Hall–Kier alpha value is -0.730. The molecule has 0 aliphatic carbocycles. The average Bonchev–Trinajstić information content (AvgIpc) is 2.17. The number of amides is 1. The molecule has 0 aromatic heterocycles. The van der Waals surface area contributed by atoms with E-state index in [1.165, 1.54) is 0 Å². The van der Waals surface area contributed by atoms with Crippen LogP contribution in [0.5, 0.6) is 0 Å². The predicted molar refractivity (Wildman–Crippen MR) is 58.6 cm³/mol. The van der Waals surface area contributed by atoms with Crippen molar-refractivity contribution >= 4 is 29.1 Å². The maximum Gasteiger partial charge on any atom is 0.221 e. The second-order valence-electron chi connectivity index (χ2n) is 2.84. The molecule has 76 valence electrons. The van der Waals surface area contributed by atoms with Gasteiger partial charge < -0.3 is 5.32 Å². The maximum atomic E-state index is 11.1. The van der Waals surface area contributed by atoms with Gasteiger partial charge >= 0.3 is 0 Å². The molecule has 0 bridgehead atoms. The quantitative estimate of drug-likeness (QED) is 0.794. The van der Waals surface area contributed by atoms with Crippen molar-refractivity contribution in [2.24, 2.45) is 0 Å². The summed E-state index contributed by atoms with van der Waals surface area (Å²) < 4.78 is 0. The van der Waals surface area contributed by atoms with Crippen molar-refractivity contribution in [1.82, 2.24) is 5.32 Å². The van der Waals surface area contributed by atoms with Crippen molar-refractivity contribution in [1.29, 1.82) is 0 Å². The van der Waals surface area contributed by atoms with Crippen LogP contribution in [0.4, 0.5) is 0 Å². The van der Waals surface area contributed by atoms with Crippen LogP contribution in [0, 0.1) is 0 Å². The number of hydrogen-bond acceptors (Lipinski definition) is 1. The number of benzene rings is 1. The summed E-state index contributed by atoms with van der Waals surface area (Å²) in [6.07, 6.45) is 0.356. The molecule has 0 aliphatic rings. The summed E-state index contributed by atoms with van der Waals surface area (Å²) in [7, 11) is 0. The van der Waals surface area contributed by atoms with Gasteiger partial charge in [-0.05, 0) is 17.7 Å². The third-order valence-electron chi connectivity index (χ3n) is 1.72. The zero-order valence-corrected chi connectivity index (χ0v) is 9.11. The summed E-state index contributed by atoms with van der Waals surface area (Å²) in [6.45, 7) is 0.521. The summed E-state index contributed by atoms with van der Waals surface area (Å²) >= 11 is 11.1. The zero-order valence-electron chi connectivity index (χ0n) is 7.59. The van der Waals surface area contributed by atoms with Gasteiger partial charge in [0.2, 0.25) is 5.91 Å². The van der Waals surface area contributed by atoms with E-state index in [-0.39, 0.29) is 5.91 Å². The molecule has 0 saturated carbocycles. The third kappa shape index (κ3) is 3.99.